The van der Waals surface area contributed by atoms with Crippen molar-refractivity contribution in [1.29, 1.82) is 0 Å². The zero-order valence-electron chi connectivity index (χ0n) is 30.1. The Morgan fingerprint density at radius 1 is 0.345 bits per heavy atom. The van der Waals surface area contributed by atoms with Crippen LogP contribution in [0.2, 0.25) is 0 Å². The number of hydrogen-bond donors (Lipinski definition) is 0. The molecule has 0 saturated carbocycles. The van der Waals surface area contributed by atoms with Gasteiger partial charge < -0.3 is 9.32 Å². The molecule has 2 heteroatoms. The average Bonchev–Trinajstić information content (AvgIpc) is 3.78. The summed E-state index contributed by atoms with van der Waals surface area (Å²) in [4.78, 5) is 2.42. The van der Waals surface area contributed by atoms with Gasteiger partial charge in [-0.05, 0) is 104 Å². The smallest absolute Gasteiger partial charge is 0.135 e. The number of fused-ring (bicyclic) bond motifs is 7. The van der Waals surface area contributed by atoms with E-state index in [2.05, 4.69) is 205 Å². The summed E-state index contributed by atoms with van der Waals surface area (Å²) in [6.07, 6.45) is 0. The highest BCUT2D eigenvalue weighted by Crippen LogP contribution is 2.57. The molecule has 9 aromatic carbocycles. The molecule has 1 aliphatic carbocycles. The van der Waals surface area contributed by atoms with Crippen LogP contribution in [0.5, 0.6) is 0 Å². The van der Waals surface area contributed by atoms with E-state index < -0.39 is 5.41 Å². The van der Waals surface area contributed by atoms with Crippen LogP contribution in [0.3, 0.4) is 0 Å². The van der Waals surface area contributed by atoms with Gasteiger partial charge in [-0.2, -0.15) is 0 Å². The molecule has 0 fully saturated rings. The van der Waals surface area contributed by atoms with E-state index in [4.69, 9.17) is 4.42 Å². The van der Waals surface area contributed by atoms with E-state index >= 15 is 0 Å². The Morgan fingerprint density at radius 2 is 0.927 bits per heavy atom. The largest absolute Gasteiger partial charge is 0.456 e. The topological polar surface area (TPSA) is 16.4 Å². The van der Waals surface area contributed by atoms with Crippen molar-refractivity contribution in [2.45, 2.75) is 5.41 Å². The summed E-state index contributed by atoms with van der Waals surface area (Å²) in [6, 6.07) is 77.2. The maximum atomic E-state index is 6.32. The van der Waals surface area contributed by atoms with Gasteiger partial charge in [0.2, 0.25) is 0 Å². The van der Waals surface area contributed by atoms with Crippen LogP contribution in [0.25, 0.3) is 55.0 Å². The van der Waals surface area contributed by atoms with Crippen LogP contribution in [0.4, 0.5) is 17.1 Å². The van der Waals surface area contributed by atoms with Crippen LogP contribution < -0.4 is 4.90 Å². The molecule has 11 rings (SSSR count). The average molecular weight is 702 g/mol. The molecule has 10 aromatic rings. The second-order valence-electron chi connectivity index (χ2n) is 14.4. The second kappa shape index (κ2) is 12.5. The summed E-state index contributed by atoms with van der Waals surface area (Å²) in [5.74, 6) is 0. The van der Waals surface area contributed by atoms with Crippen LogP contribution >= 0.6 is 0 Å². The van der Waals surface area contributed by atoms with Gasteiger partial charge in [0, 0.05) is 27.8 Å². The van der Waals surface area contributed by atoms with Gasteiger partial charge in [0.1, 0.15) is 11.2 Å². The lowest BCUT2D eigenvalue weighted by molar-refractivity contribution is 0.669. The SMILES string of the molecule is c1ccc(C2(c3ccccc3)c3ccccc3-c3ccc(N(c4cccc(-c5cccc6ccccc56)c4)c4ccc5oc6ccccc6c5c4)cc32)cc1. The number of rotatable bonds is 6. The van der Waals surface area contributed by atoms with Gasteiger partial charge in [-0.3, -0.25) is 0 Å². The fraction of sp³-hybridized carbons (Fsp3) is 0.0189. The minimum absolute atomic E-state index is 0.508. The molecule has 1 aromatic heterocycles. The lowest BCUT2D eigenvalue weighted by Gasteiger charge is -2.35. The molecule has 0 aliphatic heterocycles. The molecule has 0 spiro atoms. The summed E-state index contributed by atoms with van der Waals surface area (Å²) in [6.45, 7) is 0. The molecule has 1 heterocycles. The maximum Gasteiger partial charge on any atom is 0.135 e. The standard InChI is InChI=1S/C53H35NO/c1-3-18-38(19-4-1)53(39-20-5-2-6-21-39)49-27-11-9-24-45(49)46-31-29-42(35-50(46)53)54(41-30-32-52-48(34-41)47-25-10-12-28-51(47)55-52)40-22-13-17-37(33-40)44-26-14-16-36-15-7-8-23-43(36)44/h1-35H. The summed E-state index contributed by atoms with van der Waals surface area (Å²) in [5.41, 5.74) is 14.5. The Labute approximate surface area is 320 Å². The third-order valence-electron chi connectivity index (χ3n) is 11.5. The van der Waals surface area contributed by atoms with Crippen molar-refractivity contribution < 1.29 is 4.42 Å². The first-order valence-electron chi connectivity index (χ1n) is 18.9. The van der Waals surface area contributed by atoms with Crippen molar-refractivity contribution in [3.63, 3.8) is 0 Å². The van der Waals surface area contributed by atoms with Gasteiger partial charge in [0.05, 0.1) is 5.41 Å². The fourth-order valence-electron chi connectivity index (χ4n) is 9.16. The van der Waals surface area contributed by atoms with Crippen molar-refractivity contribution in [2.24, 2.45) is 0 Å². The Balaban J connectivity index is 1.18. The molecule has 0 atom stereocenters. The molecular formula is C53H35NO. The van der Waals surface area contributed by atoms with E-state index in [0.717, 1.165) is 39.0 Å². The number of para-hydroxylation sites is 1. The monoisotopic (exact) mass is 701 g/mol. The highest BCUT2D eigenvalue weighted by molar-refractivity contribution is 6.07. The van der Waals surface area contributed by atoms with Crippen LogP contribution in [-0.4, -0.2) is 0 Å². The Hall–Kier alpha value is -7.16. The predicted octanol–water partition coefficient (Wildman–Crippen LogP) is 14.2. The molecule has 0 radical (unpaired) electrons. The van der Waals surface area contributed by atoms with E-state index in [-0.39, 0.29) is 0 Å². The second-order valence-corrected chi connectivity index (χ2v) is 14.4. The first-order valence-corrected chi connectivity index (χ1v) is 18.9. The molecular weight excluding hydrogens is 667 g/mol. The van der Waals surface area contributed by atoms with Gasteiger partial charge in [0.25, 0.3) is 0 Å². The van der Waals surface area contributed by atoms with Gasteiger partial charge >= 0.3 is 0 Å². The van der Waals surface area contributed by atoms with Crippen molar-refractivity contribution in [3.05, 3.63) is 235 Å². The first-order chi connectivity index (χ1) is 27.3. The summed E-state index contributed by atoms with van der Waals surface area (Å²) in [7, 11) is 0. The number of anilines is 3. The predicted molar refractivity (Wildman–Crippen MR) is 229 cm³/mol. The third-order valence-corrected chi connectivity index (χ3v) is 11.5. The van der Waals surface area contributed by atoms with E-state index in [1.807, 2.05) is 12.1 Å². The minimum Gasteiger partial charge on any atom is -0.456 e. The third kappa shape index (κ3) is 4.82. The number of furan rings is 1. The number of nitrogens with zero attached hydrogens (tertiary/aromatic N) is 1. The lowest BCUT2D eigenvalue weighted by Crippen LogP contribution is -2.28. The van der Waals surface area contributed by atoms with E-state index in [1.54, 1.807) is 0 Å². The van der Waals surface area contributed by atoms with Crippen LogP contribution in [0, 0.1) is 0 Å². The lowest BCUT2D eigenvalue weighted by atomic mass is 9.67. The Kier molecular flexibility index (Phi) is 7.11. The van der Waals surface area contributed by atoms with Crippen LogP contribution in [0.15, 0.2) is 217 Å². The molecule has 0 amide bonds. The van der Waals surface area contributed by atoms with E-state index in [1.165, 1.54) is 55.3 Å². The normalized spacial score (nSPS) is 12.9. The summed E-state index contributed by atoms with van der Waals surface area (Å²) < 4.78 is 6.32. The summed E-state index contributed by atoms with van der Waals surface area (Å²) >= 11 is 0. The first kappa shape index (κ1) is 31.4. The van der Waals surface area contributed by atoms with Gasteiger partial charge in [-0.1, -0.05) is 164 Å². The number of benzene rings is 9. The minimum atomic E-state index is -0.508. The van der Waals surface area contributed by atoms with Crippen molar-refractivity contribution in [1.82, 2.24) is 0 Å². The quantitative estimate of drug-likeness (QED) is 0.172. The Bertz CT molecular complexity index is 3000. The molecule has 0 saturated heterocycles. The van der Waals surface area contributed by atoms with Gasteiger partial charge in [-0.15, -0.1) is 0 Å². The van der Waals surface area contributed by atoms with E-state index in [0.29, 0.717) is 0 Å². The van der Waals surface area contributed by atoms with Crippen molar-refractivity contribution >= 4 is 49.8 Å². The fourth-order valence-corrected chi connectivity index (χ4v) is 9.16. The zero-order valence-corrected chi connectivity index (χ0v) is 30.1. The van der Waals surface area contributed by atoms with Crippen molar-refractivity contribution in [3.8, 4) is 22.3 Å². The molecule has 2 nitrogen and oxygen atoms in total. The number of hydrogen-bond acceptors (Lipinski definition) is 2. The van der Waals surface area contributed by atoms with Gasteiger partial charge in [0.15, 0.2) is 0 Å². The maximum absolute atomic E-state index is 6.32. The molecule has 0 bridgehead atoms. The molecule has 1 aliphatic rings. The Morgan fingerprint density at radius 3 is 1.76 bits per heavy atom. The highest BCUT2D eigenvalue weighted by Gasteiger charge is 2.46. The molecule has 258 valence electrons. The molecule has 0 unspecified atom stereocenters. The highest BCUT2D eigenvalue weighted by atomic mass is 16.3. The van der Waals surface area contributed by atoms with Crippen LogP contribution in [0.1, 0.15) is 22.3 Å². The van der Waals surface area contributed by atoms with E-state index in [9.17, 15) is 0 Å². The zero-order chi connectivity index (χ0) is 36.3. The van der Waals surface area contributed by atoms with Crippen molar-refractivity contribution in [2.75, 3.05) is 4.90 Å². The van der Waals surface area contributed by atoms with Crippen LogP contribution in [-0.2, 0) is 5.41 Å². The summed E-state index contributed by atoms with van der Waals surface area (Å²) in [5, 5.41) is 4.68. The molecule has 55 heavy (non-hydrogen) atoms. The van der Waals surface area contributed by atoms with Gasteiger partial charge in [-0.25, -0.2) is 0 Å². The molecule has 0 N–H and O–H groups in total.